The van der Waals surface area contributed by atoms with Crippen molar-refractivity contribution in [3.63, 3.8) is 0 Å². The fourth-order valence-electron chi connectivity index (χ4n) is 3.82. The summed E-state index contributed by atoms with van der Waals surface area (Å²) >= 11 is 0. The average molecular weight is 451 g/mol. The van der Waals surface area contributed by atoms with E-state index in [4.69, 9.17) is 4.74 Å². The van der Waals surface area contributed by atoms with Gasteiger partial charge in [-0.1, -0.05) is 19.1 Å². The smallest absolute Gasteiger partial charge is 0.277 e. The van der Waals surface area contributed by atoms with Gasteiger partial charge < -0.3 is 10.1 Å². The predicted molar refractivity (Wildman–Crippen MR) is 120 cm³/mol. The first-order valence-electron chi connectivity index (χ1n) is 10.7. The number of nitrogens with one attached hydrogen (secondary N) is 1. The molecule has 1 aromatic heterocycles. The quantitative estimate of drug-likeness (QED) is 0.443. The lowest BCUT2D eigenvalue weighted by molar-refractivity contribution is 0.0146. The molecule has 0 atom stereocenters. The van der Waals surface area contributed by atoms with Gasteiger partial charge in [-0.3, -0.25) is 9.59 Å². The van der Waals surface area contributed by atoms with Crippen LogP contribution >= 0.6 is 0 Å². The average Bonchev–Trinajstić information content (AvgIpc) is 3.15. The van der Waals surface area contributed by atoms with Gasteiger partial charge in [-0.05, 0) is 55.2 Å². The number of ether oxygens (including phenoxy) is 1. The molecule has 0 saturated carbocycles. The number of nitrogens with zero attached hydrogens (tertiary/aromatic N) is 2. The Morgan fingerprint density at radius 2 is 2.00 bits per heavy atom. The minimum atomic E-state index is -3.26. The second kappa shape index (κ2) is 8.69. The van der Waals surface area contributed by atoms with E-state index >= 15 is 0 Å². The van der Waals surface area contributed by atoms with E-state index in [0.29, 0.717) is 36.1 Å². The summed E-state index contributed by atoms with van der Waals surface area (Å²) in [7, 11) is 0. The lowest BCUT2D eigenvalue weighted by Gasteiger charge is -2.18. The number of hydrogen-bond donors (Lipinski definition) is 1. The van der Waals surface area contributed by atoms with Crippen molar-refractivity contribution in [1.82, 2.24) is 9.97 Å². The molecule has 2 aromatic carbocycles. The first-order valence-corrected chi connectivity index (χ1v) is 10.7. The minimum Gasteiger partial charge on any atom is -0.438 e. The van der Waals surface area contributed by atoms with Crippen molar-refractivity contribution in [1.29, 1.82) is 0 Å². The van der Waals surface area contributed by atoms with Gasteiger partial charge in [-0.25, -0.2) is 13.8 Å². The first-order chi connectivity index (χ1) is 15.7. The van der Waals surface area contributed by atoms with Gasteiger partial charge in [-0.15, -0.1) is 0 Å². The molecule has 0 aliphatic heterocycles. The highest BCUT2D eigenvalue weighted by molar-refractivity contribution is 6.03. The van der Waals surface area contributed by atoms with E-state index in [-0.39, 0.29) is 29.1 Å². The summed E-state index contributed by atoms with van der Waals surface area (Å²) in [6, 6.07) is 10.3. The summed E-state index contributed by atoms with van der Waals surface area (Å²) in [6.07, 6.45) is 2.61. The summed E-state index contributed by atoms with van der Waals surface area (Å²) in [5, 5.41) is 3.03. The van der Waals surface area contributed by atoms with Crippen molar-refractivity contribution in [2.24, 2.45) is 0 Å². The number of ketones is 2. The van der Waals surface area contributed by atoms with E-state index in [9.17, 15) is 18.4 Å². The number of benzene rings is 2. The van der Waals surface area contributed by atoms with E-state index in [0.717, 1.165) is 24.2 Å². The molecule has 0 saturated heterocycles. The number of alkyl halides is 2. The van der Waals surface area contributed by atoms with Crippen LogP contribution < -0.4 is 10.1 Å². The molecule has 0 radical (unpaired) electrons. The van der Waals surface area contributed by atoms with Gasteiger partial charge in [0, 0.05) is 30.8 Å². The van der Waals surface area contributed by atoms with Crippen LogP contribution in [-0.2, 0) is 18.8 Å². The third-order valence-electron chi connectivity index (χ3n) is 5.59. The summed E-state index contributed by atoms with van der Waals surface area (Å²) in [5.74, 6) is -3.47. The zero-order valence-electron chi connectivity index (χ0n) is 18.5. The zero-order valence-corrected chi connectivity index (χ0v) is 18.5. The number of carbonyl (C=O) groups is 2. The Hall–Kier alpha value is -3.68. The fourth-order valence-corrected chi connectivity index (χ4v) is 3.82. The fraction of sp³-hybridized carbons (Fsp3) is 0.280. The van der Waals surface area contributed by atoms with Crippen LogP contribution in [0.1, 0.15) is 64.6 Å². The van der Waals surface area contributed by atoms with E-state index in [2.05, 4.69) is 15.3 Å². The van der Waals surface area contributed by atoms with Gasteiger partial charge in [0.05, 0.1) is 5.56 Å². The number of rotatable bonds is 7. The number of aryl methyl sites for hydroxylation is 2. The Morgan fingerprint density at radius 3 is 2.70 bits per heavy atom. The van der Waals surface area contributed by atoms with Crippen molar-refractivity contribution in [3.8, 4) is 11.6 Å². The van der Waals surface area contributed by atoms with Gasteiger partial charge in [0.1, 0.15) is 11.3 Å². The minimum absolute atomic E-state index is 0.0531. The number of Topliss-reactive ketones (excluding diaryl/α,β-unsaturated/α-hetero) is 2. The molecule has 4 rings (SSSR count). The van der Waals surface area contributed by atoms with Gasteiger partial charge >= 0.3 is 0 Å². The summed E-state index contributed by atoms with van der Waals surface area (Å²) < 4.78 is 34.4. The Morgan fingerprint density at radius 1 is 1.21 bits per heavy atom. The lowest BCUT2D eigenvalue weighted by atomic mass is 10.0. The molecule has 0 amide bonds. The normalized spacial score (nSPS) is 13.1. The van der Waals surface area contributed by atoms with Gasteiger partial charge in [0.25, 0.3) is 5.92 Å². The number of halogens is 2. The maximum Gasteiger partial charge on any atom is 0.277 e. The van der Waals surface area contributed by atoms with Crippen molar-refractivity contribution in [2.75, 3.05) is 5.32 Å². The summed E-state index contributed by atoms with van der Waals surface area (Å²) in [4.78, 5) is 32.3. The molecule has 8 heteroatoms. The summed E-state index contributed by atoms with van der Waals surface area (Å²) in [6.45, 7) is 4.17. The first kappa shape index (κ1) is 22.5. The molecule has 0 spiro atoms. The summed E-state index contributed by atoms with van der Waals surface area (Å²) in [5.41, 5.74) is 2.83. The molecule has 1 heterocycles. The van der Waals surface area contributed by atoms with E-state index < -0.39 is 11.5 Å². The molecular formula is C25H23F2N3O3. The van der Waals surface area contributed by atoms with Crippen molar-refractivity contribution >= 4 is 23.2 Å². The van der Waals surface area contributed by atoms with Crippen LogP contribution in [0.4, 0.5) is 20.4 Å². The molecule has 170 valence electrons. The maximum atomic E-state index is 14.3. The Labute approximate surface area is 190 Å². The van der Waals surface area contributed by atoms with E-state index in [1.165, 1.54) is 6.92 Å². The van der Waals surface area contributed by atoms with Crippen molar-refractivity contribution < 1.29 is 23.1 Å². The number of anilines is 2. The van der Waals surface area contributed by atoms with Crippen LogP contribution in [0, 0.1) is 0 Å². The Balaban J connectivity index is 1.72. The standard InChI is InChI=1S/C25H23F2N3O3/c1-4-15-12-17(14(2)31)8-10-19(15)29-24-28-13-18(25(3,26)27)23(30-24)33-21-7-5-6-16-9-11-20(32)22(16)21/h5-8,10,12-13H,4,9,11H2,1-3H3,(H,28,29,30). The molecule has 1 N–H and O–H groups in total. The third kappa shape index (κ3) is 4.60. The molecule has 1 aliphatic carbocycles. The van der Waals surface area contributed by atoms with Gasteiger partial charge in [0.2, 0.25) is 11.8 Å². The topological polar surface area (TPSA) is 81.2 Å². The molecule has 3 aromatic rings. The Bertz CT molecular complexity index is 1250. The van der Waals surface area contributed by atoms with Gasteiger partial charge in [-0.2, -0.15) is 4.98 Å². The monoisotopic (exact) mass is 451 g/mol. The molecule has 33 heavy (non-hydrogen) atoms. The third-order valence-corrected chi connectivity index (χ3v) is 5.59. The second-order valence-corrected chi connectivity index (χ2v) is 8.02. The second-order valence-electron chi connectivity index (χ2n) is 8.02. The number of aromatic nitrogens is 2. The SMILES string of the molecule is CCc1cc(C(C)=O)ccc1Nc1ncc(C(C)(F)F)c(Oc2cccc3c2C(=O)CC3)n1. The van der Waals surface area contributed by atoms with Crippen molar-refractivity contribution in [3.05, 3.63) is 70.4 Å². The molecular weight excluding hydrogens is 428 g/mol. The van der Waals surface area contributed by atoms with Crippen molar-refractivity contribution in [2.45, 2.75) is 46.0 Å². The molecule has 0 unspecified atom stereocenters. The largest absolute Gasteiger partial charge is 0.438 e. The van der Waals surface area contributed by atoms with Crippen LogP contribution in [-0.4, -0.2) is 21.5 Å². The van der Waals surface area contributed by atoms with Crippen LogP contribution in [0.15, 0.2) is 42.6 Å². The lowest BCUT2D eigenvalue weighted by Crippen LogP contribution is -2.13. The molecule has 1 aliphatic rings. The van der Waals surface area contributed by atoms with Crippen LogP contribution in [0.2, 0.25) is 0 Å². The highest BCUT2D eigenvalue weighted by Gasteiger charge is 2.32. The zero-order chi connectivity index (χ0) is 23.8. The highest BCUT2D eigenvalue weighted by atomic mass is 19.3. The van der Waals surface area contributed by atoms with Gasteiger partial charge in [0.15, 0.2) is 11.6 Å². The number of fused-ring (bicyclic) bond motifs is 1. The van der Waals surface area contributed by atoms with Crippen LogP contribution in [0.5, 0.6) is 11.6 Å². The Kier molecular flexibility index (Phi) is 5.93. The maximum absolute atomic E-state index is 14.3. The molecule has 6 nitrogen and oxygen atoms in total. The van der Waals surface area contributed by atoms with Crippen LogP contribution in [0.3, 0.4) is 0 Å². The van der Waals surface area contributed by atoms with E-state index in [1.54, 1.807) is 30.3 Å². The molecule has 0 bridgehead atoms. The number of hydrogen-bond acceptors (Lipinski definition) is 6. The predicted octanol–water partition coefficient (Wildman–Crippen LogP) is 6.02. The number of carbonyl (C=O) groups excluding carboxylic acids is 2. The van der Waals surface area contributed by atoms with Crippen LogP contribution in [0.25, 0.3) is 0 Å². The highest BCUT2D eigenvalue weighted by Crippen LogP contribution is 2.39. The molecule has 0 fully saturated rings. The van der Waals surface area contributed by atoms with E-state index in [1.807, 2.05) is 13.0 Å².